The summed E-state index contributed by atoms with van der Waals surface area (Å²) in [6, 6.07) is 3.27. The summed E-state index contributed by atoms with van der Waals surface area (Å²) in [6.45, 7) is 0.330. The molecule has 68 valence electrons. The quantitative estimate of drug-likeness (QED) is 0.796. The zero-order chi connectivity index (χ0) is 9.42. The number of benzene rings is 1. The zero-order valence-electron chi connectivity index (χ0n) is 6.55. The summed E-state index contributed by atoms with van der Waals surface area (Å²) in [5.41, 5.74) is 5.71. The van der Waals surface area contributed by atoms with Crippen LogP contribution in [-0.4, -0.2) is 4.98 Å². The van der Waals surface area contributed by atoms with Crippen LogP contribution in [-0.2, 0) is 6.54 Å². The highest BCUT2D eigenvalue weighted by Gasteiger charge is 2.10. The molecule has 0 saturated carbocycles. The third kappa shape index (κ3) is 1.41. The molecule has 0 aliphatic rings. The van der Waals surface area contributed by atoms with Gasteiger partial charge in [-0.3, -0.25) is 0 Å². The van der Waals surface area contributed by atoms with Crippen molar-refractivity contribution < 1.29 is 4.39 Å². The van der Waals surface area contributed by atoms with Crippen molar-refractivity contribution in [1.29, 1.82) is 0 Å². The van der Waals surface area contributed by atoms with Crippen molar-refractivity contribution in [3.8, 4) is 0 Å². The lowest BCUT2D eigenvalue weighted by atomic mass is 10.3. The van der Waals surface area contributed by atoms with Crippen LogP contribution in [0.2, 0.25) is 5.02 Å². The van der Waals surface area contributed by atoms with Crippen LogP contribution in [0.3, 0.4) is 0 Å². The lowest BCUT2D eigenvalue weighted by Crippen LogP contribution is -1.94. The van der Waals surface area contributed by atoms with E-state index in [0.29, 0.717) is 12.1 Å². The maximum absolute atomic E-state index is 13.3. The maximum Gasteiger partial charge on any atom is 0.168 e. The summed E-state index contributed by atoms with van der Waals surface area (Å²) in [4.78, 5) is 4.03. The van der Waals surface area contributed by atoms with Crippen LogP contribution in [0.1, 0.15) is 5.01 Å². The Morgan fingerprint density at radius 2 is 2.31 bits per heavy atom. The topological polar surface area (TPSA) is 38.9 Å². The van der Waals surface area contributed by atoms with E-state index in [1.54, 1.807) is 6.07 Å². The lowest BCUT2D eigenvalue weighted by molar-refractivity contribution is 0.637. The average Bonchev–Trinajstić information content (AvgIpc) is 2.55. The summed E-state index contributed by atoms with van der Waals surface area (Å²) in [6.07, 6.45) is 0. The molecule has 0 aliphatic carbocycles. The Bertz CT molecular complexity index is 455. The maximum atomic E-state index is 13.3. The van der Waals surface area contributed by atoms with Gasteiger partial charge in [0.15, 0.2) is 5.82 Å². The van der Waals surface area contributed by atoms with Gasteiger partial charge < -0.3 is 5.73 Å². The van der Waals surface area contributed by atoms with Crippen LogP contribution in [0, 0.1) is 5.82 Å². The fraction of sp³-hybridized carbons (Fsp3) is 0.125. The molecule has 0 atom stereocenters. The second kappa shape index (κ2) is 3.21. The SMILES string of the molecule is NCc1nc2c(F)c(Cl)ccc2s1. The molecule has 5 heteroatoms. The van der Waals surface area contributed by atoms with Crippen LogP contribution < -0.4 is 5.73 Å². The first-order valence-electron chi connectivity index (χ1n) is 3.66. The molecular weight excluding hydrogens is 211 g/mol. The minimum Gasteiger partial charge on any atom is -0.325 e. The largest absolute Gasteiger partial charge is 0.325 e. The smallest absolute Gasteiger partial charge is 0.168 e. The predicted molar refractivity (Wildman–Crippen MR) is 52.5 cm³/mol. The molecule has 1 heterocycles. The number of hydrogen-bond donors (Lipinski definition) is 1. The number of nitrogens with zero attached hydrogens (tertiary/aromatic N) is 1. The molecule has 2 aromatic rings. The Morgan fingerprint density at radius 1 is 1.54 bits per heavy atom. The number of aromatic nitrogens is 1. The van der Waals surface area contributed by atoms with Crippen molar-refractivity contribution in [3.05, 3.63) is 28.0 Å². The summed E-state index contributed by atoms with van der Waals surface area (Å²) in [5, 5.41) is 0.817. The van der Waals surface area contributed by atoms with Gasteiger partial charge in [-0.15, -0.1) is 11.3 Å². The van der Waals surface area contributed by atoms with Gasteiger partial charge in [0.25, 0.3) is 0 Å². The highest BCUT2D eigenvalue weighted by Crippen LogP contribution is 2.28. The second-order valence-electron chi connectivity index (χ2n) is 2.52. The summed E-state index contributed by atoms with van der Waals surface area (Å²) in [7, 11) is 0. The van der Waals surface area contributed by atoms with Crippen LogP contribution in [0.4, 0.5) is 4.39 Å². The standard InChI is InChI=1S/C8H6ClFN2S/c9-4-1-2-5-8(7(4)10)12-6(3-11)13-5/h1-2H,3,11H2. The number of fused-ring (bicyclic) bond motifs is 1. The lowest BCUT2D eigenvalue weighted by Gasteiger charge is -1.92. The van der Waals surface area contributed by atoms with Gasteiger partial charge in [-0.1, -0.05) is 11.6 Å². The fourth-order valence-corrected chi connectivity index (χ4v) is 2.07. The summed E-state index contributed by atoms with van der Waals surface area (Å²) < 4.78 is 14.1. The first-order valence-corrected chi connectivity index (χ1v) is 4.85. The minimum atomic E-state index is -0.463. The number of rotatable bonds is 1. The van der Waals surface area contributed by atoms with Gasteiger partial charge >= 0.3 is 0 Å². The first-order chi connectivity index (χ1) is 6.22. The van der Waals surface area contributed by atoms with E-state index in [-0.39, 0.29) is 5.02 Å². The third-order valence-corrected chi connectivity index (χ3v) is 3.01. The molecule has 1 aromatic carbocycles. The van der Waals surface area contributed by atoms with Gasteiger partial charge in [-0.25, -0.2) is 9.37 Å². The van der Waals surface area contributed by atoms with E-state index in [1.807, 2.05) is 0 Å². The number of halogens is 2. The molecule has 2 rings (SSSR count). The highest BCUT2D eigenvalue weighted by atomic mass is 35.5. The van der Waals surface area contributed by atoms with E-state index in [9.17, 15) is 4.39 Å². The summed E-state index contributed by atoms with van der Waals surface area (Å²) >= 11 is 6.98. The third-order valence-electron chi connectivity index (χ3n) is 1.67. The van der Waals surface area contributed by atoms with Gasteiger partial charge in [0.05, 0.1) is 9.72 Å². The van der Waals surface area contributed by atoms with Crippen LogP contribution in [0.15, 0.2) is 12.1 Å². The molecule has 13 heavy (non-hydrogen) atoms. The molecule has 0 bridgehead atoms. The van der Waals surface area contributed by atoms with Crippen molar-refractivity contribution in [2.24, 2.45) is 5.73 Å². The van der Waals surface area contributed by atoms with E-state index in [2.05, 4.69) is 4.98 Å². The number of hydrogen-bond acceptors (Lipinski definition) is 3. The zero-order valence-corrected chi connectivity index (χ0v) is 8.12. The molecule has 2 nitrogen and oxygen atoms in total. The van der Waals surface area contributed by atoms with E-state index >= 15 is 0 Å². The highest BCUT2D eigenvalue weighted by molar-refractivity contribution is 7.18. The fourth-order valence-electron chi connectivity index (χ4n) is 1.07. The van der Waals surface area contributed by atoms with Crippen molar-refractivity contribution in [3.63, 3.8) is 0 Å². The monoisotopic (exact) mass is 216 g/mol. The van der Waals surface area contributed by atoms with Crippen LogP contribution >= 0.6 is 22.9 Å². The Hall–Kier alpha value is -0.710. The van der Waals surface area contributed by atoms with E-state index in [0.717, 1.165) is 9.71 Å². The molecule has 2 N–H and O–H groups in total. The van der Waals surface area contributed by atoms with Crippen LogP contribution in [0.5, 0.6) is 0 Å². The van der Waals surface area contributed by atoms with Gasteiger partial charge in [-0.05, 0) is 12.1 Å². The van der Waals surface area contributed by atoms with Crippen molar-refractivity contribution in [1.82, 2.24) is 4.98 Å². The van der Waals surface area contributed by atoms with Gasteiger partial charge in [0.2, 0.25) is 0 Å². The number of thiazole rings is 1. The van der Waals surface area contributed by atoms with Crippen molar-refractivity contribution in [2.75, 3.05) is 0 Å². The van der Waals surface area contributed by atoms with Gasteiger partial charge in [0, 0.05) is 6.54 Å². The van der Waals surface area contributed by atoms with Gasteiger partial charge in [0.1, 0.15) is 10.5 Å². The molecule has 0 saturated heterocycles. The molecular formula is C8H6ClFN2S. The Morgan fingerprint density at radius 3 is 3.00 bits per heavy atom. The molecule has 0 radical (unpaired) electrons. The van der Waals surface area contributed by atoms with Crippen molar-refractivity contribution in [2.45, 2.75) is 6.54 Å². The van der Waals surface area contributed by atoms with Crippen molar-refractivity contribution >= 4 is 33.2 Å². The second-order valence-corrected chi connectivity index (χ2v) is 4.04. The predicted octanol–water partition coefficient (Wildman–Crippen LogP) is 2.55. The molecule has 0 aliphatic heterocycles. The first kappa shape index (κ1) is 8.87. The molecule has 1 aromatic heterocycles. The molecule has 0 unspecified atom stereocenters. The Kier molecular flexibility index (Phi) is 2.19. The summed E-state index contributed by atoms with van der Waals surface area (Å²) in [5.74, 6) is -0.463. The Labute approximate surface area is 83.1 Å². The Balaban J connectivity index is 2.76. The normalized spacial score (nSPS) is 11.0. The van der Waals surface area contributed by atoms with Gasteiger partial charge in [-0.2, -0.15) is 0 Å². The molecule has 0 fully saturated rings. The molecule has 0 amide bonds. The van der Waals surface area contributed by atoms with E-state index in [1.165, 1.54) is 17.4 Å². The van der Waals surface area contributed by atoms with Crippen LogP contribution in [0.25, 0.3) is 10.2 Å². The molecule has 0 spiro atoms. The number of nitrogens with two attached hydrogens (primary N) is 1. The minimum absolute atomic E-state index is 0.0985. The van der Waals surface area contributed by atoms with E-state index < -0.39 is 5.82 Å². The van der Waals surface area contributed by atoms with E-state index in [4.69, 9.17) is 17.3 Å². The average molecular weight is 217 g/mol.